The van der Waals surface area contributed by atoms with Gasteiger partial charge < -0.3 is 0 Å². The molecule has 0 fully saturated rings. The van der Waals surface area contributed by atoms with E-state index < -0.39 is 7.59 Å². The van der Waals surface area contributed by atoms with E-state index in [1.165, 1.54) is 0 Å². The van der Waals surface area contributed by atoms with Crippen LogP contribution in [-0.4, -0.2) is 5.78 Å². The Morgan fingerprint density at radius 1 is 0.700 bits per heavy atom. The first-order valence-electron chi connectivity index (χ1n) is 9.95. The summed E-state index contributed by atoms with van der Waals surface area (Å²) in [5, 5.41) is 0. The number of halogens is 6. The van der Waals surface area contributed by atoms with Crippen molar-refractivity contribution in [3.63, 3.8) is 0 Å². The van der Waals surface area contributed by atoms with Gasteiger partial charge in [0.25, 0.3) is 0 Å². The fraction of sp³-hybridized carbons (Fsp3) is 0.435. The van der Waals surface area contributed by atoms with Crippen LogP contribution in [0.25, 0.3) is 0 Å². The number of hydrogen-bond acceptors (Lipinski definition) is 1. The second-order valence-electron chi connectivity index (χ2n) is 7.20. The SMILES string of the molecule is CCCCc1c(C(=O)c2cccc(C(Cl)(Cl)Cl)c2CCCC)cccc1C(Cl)(Cl)Cl. The molecule has 0 saturated carbocycles. The van der Waals surface area contributed by atoms with Crippen LogP contribution in [0.3, 0.4) is 0 Å². The summed E-state index contributed by atoms with van der Waals surface area (Å²) >= 11 is 37.3. The van der Waals surface area contributed by atoms with Crippen molar-refractivity contribution in [1.29, 1.82) is 0 Å². The quantitative estimate of drug-likeness (QED) is 0.246. The van der Waals surface area contributed by atoms with E-state index in [9.17, 15) is 4.79 Å². The molecular formula is C23H24Cl6O. The van der Waals surface area contributed by atoms with Gasteiger partial charge in [-0.15, -0.1) is 0 Å². The summed E-state index contributed by atoms with van der Waals surface area (Å²) < 4.78 is -3.24. The van der Waals surface area contributed by atoms with Crippen LogP contribution in [0.2, 0.25) is 0 Å². The molecule has 0 saturated heterocycles. The highest BCUT2D eigenvalue weighted by Gasteiger charge is 2.31. The molecular weight excluding hydrogens is 505 g/mol. The summed E-state index contributed by atoms with van der Waals surface area (Å²) in [5.41, 5.74) is 3.60. The lowest BCUT2D eigenvalue weighted by Gasteiger charge is -2.22. The third-order valence-corrected chi connectivity index (χ3v) is 6.23. The lowest BCUT2D eigenvalue weighted by Crippen LogP contribution is -2.16. The average Bonchev–Trinajstić information content (AvgIpc) is 2.68. The fourth-order valence-electron chi connectivity index (χ4n) is 3.52. The molecule has 0 aliphatic carbocycles. The van der Waals surface area contributed by atoms with Gasteiger partial charge in [-0.2, -0.15) is 0 Å². The predicted molar refractivity (Wildman–Crippen MR) is 132 cm³/mol. The number of alkyl halides is 6. The van der Waals surface area contributed by atoms with E-state index in [0.717, 1.165) is 36.8 Å². The molecule has 2 aromatic rings. The molecule has 0 aliphatic heterocycles. The molecule has 30 heavy (non-hydrogen) atoms. The van der Waals surface area contributed by atoms with Crippen molar-refractivity contribution in [1.82, 2.24) is 0 Å². The number of carbonyl (C=O) groups excluding carboxylic acids is 1. The summed E-state index contributed by atoms with van der Waals surface area (Å²) in [5.74, 6) is -0.153. The van der Waals surface area contributed by atoms with Crippen LogP contribution in [0.4, 0.5) is 0 Å². The molecule has 1 nitrogen and oxygen atoms in total. The van der Waals surface area contributed by atoms with Crippen LogP contribution in [0, 0.1) is 0 Å². The Hall–Kier alpha value is -0.150. The molecule has 0 aliphatic rings. The number of benzene rings is 2. The number of hydrogen-bond donors (Lipinski definition) is 0. The maximum absolute atomic E-state index is 13.7. The van der Waals surface area contributed by atoms with Crippen LogP contribution >= 0.6 is 69.6 Å². The summed E-state index contributed by atoms with van der Waals surface area (Å²) in [6, 6.07) is 10.5. The first-order valence-corrected chi connectivity index (χ1v) is 12.2. The van der Waals surface area contributed by atoms with Gasteiger partial charge in [-0.25, -0.2) is 0 Å². The van der Waals surface area contributed by atoms with Gasteiger partial charge in [0.05, 0.1) is 0 Å². The first kappa shape index (κ1) is 26.1. The zero-order valence-electron chi connectivity index (χ0n) is 16.9. The Bertz CT molecular complexity index is 809. The van der Waals surface area contributed by atoms with Gasteiger partial charge in [-0.1, -0.05) is 133 Å². The van der Waals surface area contributed by atoms with Crippen molar-refractivity contribution >= 4 is 75.4 Å². The van der Waals surface area contributed by atoms with E-state index in [2.05, 4.69) is 13.8 Å². The van der Waals surface area contributed by atoms with E-state index in [1.807, 2.05) is 0 Å². The number of ketones is 1. The molecule has 0 bridgehead atoms. The van der Waals surface area contributed by atoms with Crippen molar-refractivity contribution in [2.75, 3.05) is 0 Å². The Morgan fingerprint density at radius 2 is 1.07 bits per heavy atom. The second kappa shape index (κ2) is 11.1. The normalized spacial score (nSPS) is 12.3. The van der Waals surface area contributed by atoms with Gasteiger partial charge in [0.1, 0.15) is 0 Å². The Kier molecular flexibility index (Phi) is 9.68. The summed E-state index contributed by atoms with van der Waals surface area (Å²) in [7, 11) is 0. The summed E-state index contributed by atoms with van der Waals surface area (Å²) in [6.45, 7) is 4.15. The van der Waals surface area contributed by atoms with Crippen LogP contribution in [0.1, 0.15) is 77.7 Å². The highest BCUT2D eigenvalue weighted by Crippen LogP contribution is 2.43. The third-order valence-electron chi connectivity index (χ3n) is 5.01. The van der Waals surface area contributed by atoms with Crippen LogP contribution in [0.5, 0.6) is 0 Å². The molecule has 7 heteroatoms. The highest BCUT2D eigenvalue weighted by atomic mass is 35.6. The molecule has 0 N–H and O–H groups in total. The third kappa shape index (κ3) is 6.44. The molecule has 0 heterocycles. The molecule has 164 valence electrons. The monoisotopic (exact) mass is 526 g/mol. The number of rotatable bonds is 8. The molecule has 2 rings (SSSR count). The van der Waals surface area contributed by atoms with Gasteiger partial charge >= 0.3 is 0 Å². The van der Waals surface area contributed by atoms with Crippen molar-refractivity contribution in [3.05, 3.63) is 69.8 Å². The van der Waals surface area contributed by atoms with Crippen molar-refractivity contribution in [2.45, 2.75) is 60.0 Å². The Labute approximate surface area is 208 Å². The van der Waals surface area contributed by atoms with Crippen molar-refractivity contribution in [3.8, 4) is 0 Å². The molecule has 2 aromatic carbocycles. The van der Waals surface area contributed by atoms with Gasteiger partial charge in [0.2, 0.25) is 7.59 Å². The number of carbonyl (C=O) groups is 1. The maximum atomic E-state index is 13.7. The van der Waals surface area contributed by atoms with Crippen molar-refractivity contribution < 1.29 is 4.79 Å². The standard InChI is InChI=1S/C23H24Cl6O/c1-3-5-9-15-17(11-7-13-19(15)22(24,25)26)21(30)18-12-8-14-20(23(27,28)29)16(18)10-6-4-2/h7-8,11-14H,3-6,9-10H2,1-2H3. The van der Waals surface area contributed by atoms with E-state index in [0.29, 0.717) is 35.1 Å². The molecule has 0 radical (unpaired) electrons. The predicted octanol–water partition coefficient (Wildman–Crippen LogP) is 9.26. The maximum Gasteiger partial charge on any atom is 0.216 e. The van der Waals surface area contributed by atoms with E-state index in [1.54, 1.807) is 36.4 Å². The average molecular weight is 529 g/mol. The van der Waals surface area contributed by atoms with Crippen LogP contribution in [0.15, 0.2) is 36.4 Å². The van der Waals surface area contributed by atoms with E-state index >= 15 is 0 Å². The summed E-state index contributed by atoms with van der Waals surface area (Å²) in [4.78, 5) is 13.7. The molecule has 0 atom stereocenters. The summed E-state index contributed by atoms with van der Waals surface area (Å²) in [6.07, 6.45) is 4.91. The Morgan fingerprint density at radius 3 is 1.37 bits per heavy atom. The van der Waals surface area contributed by atoms with Gasteiger partial charge in [0, 0.05) is 22.3 Å². The smallest absolute Gasteiger partial charge is 0.216 e. The second-order valence-corrected chi connectivity index (χ2v) is 11.8. The van der Waals surface area contributed by atoms with Crippen molar-refractivity contribution in [2.24, 2.45) is 0 Å². The zero-order valence-corrected chi connectivity index (χ0v) is 21.4. The largest absolute Gasteiger partial charge is 0.289 e. The molecule has 0 unspecified atom stereocenters. The molecule has 0 amide bonds. The lowest BCUT2D eigenvalue weighted by atomic mass is 9.88. The minimum Gasteiger partial charge on any atom is -0.289 e. The van der Waals surface area contributed by atoms with E-state index in [-0.39, 0.29) is 5.78 Å². The fourth-order valence-corrected chi connectivity index (χ4v) is 4.58. The van der Waals surface area contributed by atoms with Gasteiger partial charge in [-0.05, 0) is 36.8 Å². The van der Waals surface area contributed by atoms with E-state index in [4.69, 9.17) is 69.6 Å². The number of unbranched alkanes of at least 4 members (excludes halogenated alkanes) is 2. The topological polar surface area (TPSA) is 17.1 Å². The highest BCUT2D eigenvalue weighted by molar-refractivity contribution is 6.67. The molecule has 0 spiro atoms. The lowest BCUT2D eigenvalue weighted by molar-refractivity contribution is 0.103. The van der Waals surface area contributed by atoms with Crippen LogP contribution < -0.4 is 0 Å². The van der Waals surface area contributed by atoms with Gasteiger partial charge in [-0.3, -0.25) is 4.79 Å². The minimum absolute atomic E-state index is 0.153. The molecule has 0 aromatic heterocycles. The van der Waals surface area contributed by atoms with Crippen LogP contribution in [-0.2, 0) is 20.4 Å². The minimum atomic E-state index is -1.62. The Balaban J connectivity index is 2.68. The zero-order chi connectivity index (χ0) is 22.5. The van der Waals surface area contributed by atoms with Gasteiger partial charge in [0.15, 0.2) is 5.78 Å². The first-order chi connectivity index (χ1) is 14.0.